The lowest BCUT2D eigenvalue weighted by Gasteiger charge is -2.38. The molecule has 1 rings (SSSR count). The molecule has 1 saturated heterocycles. The van der Waals surface area contributed by atoms with E-state index in [0.29, 0.717) is 12.8 Å². The van der Waals surface area contributed by atoms with Crippen LogP contribution in [0.5, 0.6) is 0 Å². The highest BCUT2D eigenvalue weighted by atomic mass is 16.7. The highest BCUT2D eigenvalue weighted by Crippen LogP contribution is 2.23. The summed E-state index contributed by atoms with van der Waals surface area (Å²) < 4.78 is 21.9. The van der Waals surface area contributed by atoms with Gasteiger partial charge in [-0.05, 0) is 44.9 Å². The third kappa shape index (κ3) is 39.0. The predicted octanol–water partition coefficient (Wildman–Crippen LogP) is 14.5. The Kier molecular flexibility index (Phi) is 45.0. The molecule has 0 aliphatic carbocycles. The summed E-state index contributed by atoms with van der Waals surface area (Å²) in [5.74, 6) is -2.43. The molecule has 0 spiro atoms. The SMILES string of the molecule is CCCCC/C=C\C/C=C\CCCCCCCCCCCC(=O)OCC(COC1OC(C(=O)O)C(O)C(O)C1O)OC(=O)CCCCCCCCCCCCCCCCCCCCCCCCCC. The fraction of sp³-hybridized carbons (Fsp3) is 0.879. The van der Waals surface area contributed by atoms with Crippen molar-refractivity contribution in [3.8, 4) is 0 Å². The number of carbonyl (C=O) groups excluding carboxylic acids is 2. The van der Waals surface area contributed by atoms with Crippen LogP contribution in [-0.4, -0.2) is 88.4 Å². The molecule has 0 aromatic carbocycles. The van der Waals surface area contributed by atoms with E-state index in [2.05, 4.69) is 38.2 Å². The lowest BCUT2D eigenvalue weighted by atomic mass is 9.99. The van der Waals surface area contributed by atoms with Crippen molar-refractivity contribution in [1.29, 1.82) is 0 Å². The first-order valence-electron chi connectivity index (χ1n) is 28.9. The number of carboxylic acid groups (broad SMARTS) is 1. The van der Waals surface area contributed by atoms with Gasteiger partial charge in [0.15, 0.2) is 18.5 Å². The predicted molar refractivity (Wildman–Crippen MR) is 280 cm³/mol. The Labute approximate surface area is 421 Å². The molecule has 11 heteroatoms. The Bertz CT molecular complexity index is 1240. The van der Waals surface area contributed by atoms with Gasteiger partial charge in [-0.15, -0.1) is 0 Å². The van der Waals surface area contributed by atoms with Gasteiger partial charge in [0.1, 0.15) is 24.9 Å². The molecule has 6 atom stereocenters. The molecule has 1 heterocycles. The van der Waals surface area contributed by atoms with Gasteiger partial charge >= 0.3 is 17.9 Å². The molecule has 11 nitrogen and oxygen atoms in total. The third-order valence-electron chi connectivity index (χ3n) is 13.6. The maximum atomic E-state index is 12.9. The number of hydrogen-bond acceptors (Lipinski definition) is 10. The van der Waals surface area contributed by atoms with Crippen molar-refractivity contribution in [3.05, 3.63) is 24.3 Å². The number of unbranched alkanes of at least 4 members (excludes halogenated alkanes) is 35. The number of allylic oxidation sites excluding steroid dienone is 4. The van der Waals surface area contributed by atoms with Gasteiger partial charge in [0.25, 0.3) is 0 Å². The van der Waals surface area contributed by atoms with E-state index < -0.39 is 54.7 Å². The van der Waals surface area contributed by atoms with E-state index >= 15 is 0 Å². The van der Waals surface area contributed by atoms with E-state index in [9.17, 15) is 34.8 Å². The zero-order valence-electron chi connectivity index (χ0n) is 44.3. The summed E-state index contributed by atoms with van der Waals surface area (Å²) in [4.78, 5) is 37.1. The van der Waals surface area contributed by atoms with E-state index in [1.54, 1.807) is 0 Å². The van der Waals surface area contributed by atoms with Crippen molar-refractivity contribution in [3.63, 3.8) is 0 Å². The van der Waals surface area contributed by atoms with Crippen LogP contribution in [0, 0.1) is 0 Å². The Morgan fingerprint density at radius 1 is 0.449 bits per heavy atom. The summed E-state index contributed by atoms with van der Waals surface area (Å²) in [6.45, 7) is 3.84. The van der Waals surface area contributed by atoms with Crippen molar-refractivity contribution < 1.29 is 53.8 Å². The van der Waals surface area contributed by atoms with Gasteiger partial charge in [-0.2, -0.15) is 0 Å². The van der Waals surface area contributed by atoms with Crippen molar-refractivity contribution in [2.45, 2.75) is 314 Å². The van der Waals surface area contributed by atoms with Crippen molar-refractivity contribution in [1.82, 2.24) is 0 Å². The molecular weight excluding hydrogens is 873 g/mol. The summed E-state index contributed by atoms with van der Waals surface area (Å²) in [6, 6.07) is 0. The minimum absolute atomic E-state index is 0.187. The molecule has 0 aromatic heterocycles. The molecule has 0 bridgehead atoms. The Morgan fingerprint density at radius 3 is 1.23 bits per heavy atom. The molecule has 0 amide bonds. The van der Waals surface area contributed by atoms with Crippen LogP contribution >= 0.6 is 0 Å². The van der Waals surface area contributed by atoms with Crippen molar-refractivity contribution in [2.24, 2.45) is 0 Å². The topological polar surface area (TPSA) is 169 Å². The number of aliphatic hydroxyl groups excluding tert-OH is 3. The minimum atomic E-state index is -1.86. The van der Waals surface area contributed by atoms with Crippen LogP contribution in [0.25, 0.3) is 0 Å². The molecule has 4 N–H and O–H groups in total. The van der Waals surface area contributed by atoms with Crippen LogP contribution in [0.1, 0.15) is 277 Å². The normalized spacial score (nSPS) is 18.9. The number of ether oxygens (including phenoxy) is 4. The Morgan fingerprint density at radius 2 is 0.812 bits per heavy atom. The number of carboxylic acids is 1. The van der Waals surface area contributed by atoms with E-state index in [1.807, 2.05) is 0 Å². The zero-order valence-corrected chi connectivity index (χ0v) is 44.3. The summed E-state index contributed by atoms with van der Waals surface area (Å²) in [5.41, 5.74) is 0. The van der Waals surface area contributed by atoms with E-state index in [4.69, 9.17) is 18.9 Å². The summed E-state index contributed by atoms with van der Waals surface area (Å²) in [5, 5.41) is 40.0. The lowest BCUT2D eigenvalue weighted by molar-refractivity contribution is -0.298. The fourth-order valence-corrected chi connectivity index (χ4v) is 9.03. The highest BCUT2D eigenvalue weighted by Gasteiger charge is 2.47. The number of aliphatic hydroxyl groups is 3. The van der Waals surface area contributed by atoms with E-state index in [1.165, 1.54) is 186 Å². The largest absolute Gasteiger partial charge is 0.479 e. The molecule has 69 heavy (non-hydrogen) atoms. The second kappa shape index (κ2) is 48.0. The van der Waals surface area contributed by atoms with E-state index in [-0.39, 0.29) is 26.1 Å². The van der Waals surface area contributed by atoms with E-state index in [0.717, 1.165) is 51.4 Å². The summed E-state index contributed by atoms with van der Waals surface area (Å²) in [6.07, 6.45) is 48.0. The van der Waals surface area contributed by atoms with Crippen LogP contribution in [0.3, 0.4) is 0 Å². The molecule has 1 aliphatic rings. The number of carbonyl (C=O) groups is 3. The summed E-state index contributed by atoms with van der Waals surface area (Å²) >= 11 is 0. The highest BCUT2D eigenvalue weighted by molar-refractivity contribution is 5.73. The van der Waals surface area contributed by atoms with Gasteiger partial charge in [-0.3, -0.25) is 9.59 Å². The van der Waals surface area contributed by atoms with Gasteiger partial charge in [0, 0.05) is 12.8 Å². The van der Waals surface area contributed by atoms with Crippen LogP contribution < -0.4 is 0 Å². The second-order valence-electron chi connectivity index (χ2n) is 20.1. The number of aliphatic carboxylic acids is 1. The van der Waals surface area contributed by atoms with Crippen molar-refractivity contribution in [2.75, 3.05) is 13.2 Å². The van der Waals surface area contributed by atoms with Gasteiger partial charge in [-0.25, -0.2) is 4.79 Å². The monoisotopic (exact) mass is 979 g/mol. The Hall–Kier alpha value is -2.31. The van der Waals surface area contributed by atoms with Gasteiger partial charge in [-0.1, -0.05) is 244 Å². The average molecular weight is 979 g/mol. The molecule has 1 aliphatic heterocycles. The van der Waals surface area contributed by atoms with Gasteiger partial charge in [0.2, 0.25) is 0 Å². The lowest BCUT2D eigenvalue weighted by Crippen LogP contribution is -2.60. The second-order valence-corrected chi connectivity index (χ2v) is 20.1. The van der Waals surface area contributed by atoms with Crippen LogP contribution in [0.2, 0.25) is 0 Å². The first-order valence-corrected chi connectivity index (χ1v) is 28.9. The van der Waals surface area contributed by atoms with Gasteiger partial charge < -0.3 is 39.4 Å². The molecule has 6 unspecified atom stereocenters. The molecule has 1 fully saturated rings. The third-order valence-corrected chi connectivity index (χ3v) is 13.6. The van der Waals surface area contributed by atoms with Crippen LogP contribution in [0.4, 0.5) is 0 Å². The summed E-state index contributed by atoms with van der Waals surface area (Å²) in [7, 11) is 0. The number of rotatable bonds is 50. The number of hydrogen-bond donors (Lipinski definition) is 4. The average Bonchev–Trinajstić information content (AvgIpc) is 3.34. The quantitative estimate of drug-likeness (QED) is 0.0260. The van der Waals surface area contributed by atoms with Crippen LogP contribution in [0.15, 0.2) is 24.3 Å². The molecule has 0 radical (unpaired) electrons. The zero-order chi connectivity index (χ0) is 50.3. The molecule has 0 aromatic rings. The Balaban J connectivity index is 2.22. The van der Waals surface area contributed by atoms with Crippen LogP contribution in [-0.2, 0) is 33.3 Å². The maximum absolute atomic E-state index is 12.9. The standard InChI is InChI=1S/C58H106O11/c1-3-5-7-9-11-13-15-17-19-21-23-24-25-26-27-29-31-33-35-37-39-41-43-45-47-52(60)68-50(49-67-58-55(63)53(61)54(62)56(69-58)57(64)65)48-66-51(59)46-44-42-40-38-36-34-32-30-28-22-20-18-16-14-12-10-8-6-4-2/h12,14,18,20,50,53-56,58,61-63H,3-11,13,15-17,19,21-49H2,1-2H3,(H,64,65)/b14-12-,20-18-. The maximum Gasteiger partial charge on any atom is 0.335 e. The minimum Gasteiger partial charge on any atom is -0.479 e. The molecule has 404 valence electrons. The fourth-order valence-electron chi connectivity index (χ4n) is 9.03. The smallest absolute Gasteiger partial charge is 0.335 e. The van der Waals surface area contributed by atoms with Gasteiger partial charge in [0.05, 0.1) is 6.61 Å². The molecule has 0 saturated carbocycles. The first kappa shape index (κ1) is 64.7. The molecular formula is C58H106O11. The van der Waals surface area contributed by atoms with Crippen molar-refractivity contribution >= 4 is 17.9 Å². The first-order chi connectivity index (χ1) is 33.7. The number of esters is 2.